The molecule has 0 saturated heterocycles. The van der Waals surface area contributed by atoms with Crippen LogP contribution in [0.1, 0.15) is 27.0 Å². The molecule has 1 aliphatic carbocycles. The lowest BCUT2D eigenvalue weighted by Gasteiger charge is -2.11. The van der Waals surface area contributed by atoms with Crippen molar-refractivity contribution in [1.29, 1.82) is 0 Å². The summed E-state index contributed by atoms with van der Waals surface area (Å²) in [5.41, 5.74) is 2.22. The molecule has 112 valence electrons. The maximum atomic E-state index is 12.1. The Kier molecular flexibility index (Phi) is 2.94. The summed E-state index contributed by atoms with van der Waals surface area (Å²) in [4.78, 5) is 18.2. The van der Waals surface area contributed by atoms with E-state index in [2.05, 4.69) is 11.1 Å². The Labute approximate surface area is 130 Å². The highest BCUT2D eigenvalue weighted by Gasteiger charge is 2.24. The maximum Gasteiger partial charge on any atom is 0.315 e. The fraction of sp³-hybridized carbons (Fsp3) is 0.250. The average Bonchev–Trinajstić information content (AvgIpc) is 3.18. The first kappa shape index (κ1) is 13.3. The van der Waals surface area contributed by atoms with Gasteiger partial charge in [0.05, 0.1) is 12.0 Å². The van der Waals surface area contributed by atoms with Gasteiger partial charge in [0, 0.05) is 23.9 Å². The fourth-order valence-electron chi connectivity index (χ4n) is 2.83. The van der Waals surface area contributed by atoms with Crippen LogP contribution in [0.2, 0.25) is 0 Å². The summed E-state index contributed by atoms with van der Waals surface area (Å²) in [7, 11) is 1.93. The number of rotatable bonds is 1. The quantitative estimate of drug-likeness (QED) is 0.693. The van der Waals surface area contributed by atoms with E-state index >= 15 is 0 Å². The molecule has 1 aliphatic rings. The number of hydrogen-bond donors (Lipinski definition) is 0. The second-order valence-electron chi connectivity index (χ2n) is 5.30. The van der Waals surface area contributed by atoms with E-state index in [0.717, 1.165) is 35.6 Å². The number of carbonyl (C=O) groups is 1. The van der Waals surface area contributed by atoms with Crippen LogP contribution in [0.5, 0.6) is 0 Å². The van der Waals surface area contributed by atoms with Crippen LogP contribution < -0.4 is 4.80 Å². The van der Waals surface area contributed by atoms with Gasteiger partial charge in [0.2, 0.25) is 0 Å². The average molecular weight is 314 g/mol. The Balaban J connectivity index is 1.85. The number of aryl methyl sites for hydroxylation is 3. The Morgan fingerprint density at radius 3 is 3.05 bits per heavy atom. The first-order valence-electron chi connectivity index (χ1n) is 7.04. The first-order chi connectivity index (χ1) is 10.6. The zero-order valence-electron chi connectivity index (χ0n) is 12.3. The molecular weight excluding hydrogens is 300 g/mol. The van der Waals surface area contributed by atoms with E-state index in [1.807, 2.05) is 18.5 Å². The lowest BCUT2D eigenvalue weighted by atomic mass is 10.0. The summed E-state index contributed by atoms with van der Waals surface area (Å²) >= 11 is 1.55. The third kappa shape index (κ3) is 1.99. The van der Waals surface area contributed by atoms with Gasteiger partial charge in [-0.3, -0.25) is 4.79 Å². The number of nitrogens with zero attached hydrogens (tertiary/aromatic N) is 2. The van der Waals surface area contributed by atoms with Crippen molar-refractivity contribution in [2.45, 2.75) is 19.8 Å². The largest absolute Gasteiger partial charge is 0.466 e. The minimum atomic E-state index is -0.359. The second kappa shape index (κ2) is 4.84. The van der Waals surface area contributed by atoms with Crippen molar-refractivity contribution in [2.75, 3.05) is 0 Å². The molecule has 22 heavy (non-hydrogen) atoms. The maximum absolute atomic E-state index is 12.1. The third-order valence-corrected chi connectivity index (χ3v) is 4.99. The minimum absolute atomic E-state index is 0.256. The van der Waals surface area contributed by atoms with Crippen molar-refractivity contribution in [1.82, 2.24) is 4.57 Å². The van der Waals surface area contributed by atoms with Gasteiger partial charge in [0.25, 0.3) is 0 Å². The van der Waals surface area contributed by atoms with Gasteiger partial charge in [-0.2, -0.15) is 4.99 Å². The highest BCUT2D eigenvalue weighted by molar-refractivity contribution is 7.09. The lowest BCUT2D eigenvalue weighted by Crippen LogP contribution is -2.14. The van der Waals surface area contributed by atoms with Crippen LogP contribution in [-0.4, -0.2) is 10.5 Å². The summed E-state index contributed by atoms with van der Waals surface area (Å²) in [6.45, 7) is 1.95. The molecule has 6 heteroatoms. The van der Waals surface area contributed by atoms with Gasteiger partial charge in [0.1, 0.15) is 11.5 Å². The Morgan fingerprint density at radius 2 is 2.27 bits per heavy atom. The van der Waals surface area contributed by atoms with E-state index in [1.165, 1.54) is 11.1 Å². The van der Waals surface area contributed by atoms with E-state index in [9.17, 15) is 4.79 Å². The first-order valence-corrected chi connectivity index (χ1v) is 7.86. The smallest absolute Gasteiger partial charge is 0.315 e. The zero-order chi connectivity index (χ0) is 15.3. The van der Waals surface area contributed by atoms with Gasteiger partial charge >= 0.3 is 5.91 Å². The summed E-state index contributed by atoms with van der Waals surface area (Å²) in [5.74, 6) is 1.82. The number of hydrogen-bond acceptors (Lipinski definition) is 4. The number of amides is 1. The lowest BCUT2D eigenvalue weighted by molar-refractivity contribution is 0.0971. The van der Waals surface area contributed by atoms with Gasteiger partial charge in [-0.1, -0.05) is 0 Å². The van der Waals surface area contributed by atoms with Gasteiger partial charge in [-0.15, -0.1) is 11.3 Å². The van der Waals surface area contributed by atoms with Crippen LogP contribution >= 0.6 is 11.3 Å². The molecule has 0 atom stereocenters. The molecule has 0 radical (unpaired) electrons. The number of carbonyl (C=O) groups excluding carboxylic acids is 1. The molecular formula is C16H14N2O3S. The SMILES string of the molecule is Cc1cc2c(o1)CCc1sc(=NC(=O)c3ccco3)n(C)c1-2. The van der Waals surface area contributed by atoms with Crippen molar-refractivity contribution < 1.29 is 13.6 Å². The van der Waals surface area contributed by atoms with Crippen LogP contribution in [0, 0.1) is 6.92 Å². The molecule has 1 amide bonds. The van der Waals surface area contributed by atoms with E-state index in [1.54, 1.807) is 23.5 Å². The summed E-state index contributed by atoms with van der Waals surface area (Å²) in [5, 5.41) is 0. The van der Waals surface area contributed by atoms with Gasteiger partial charge in [0.15, 0.2) is 10.6 Å². The van der Waals surface area contributed by atoms with Gasteiger partial charge in [-0.05, 0) is 31.5 Å². The van der Waals surface area contributed by atoms with Crippen molar-refractivity contribution in [2.24, 2.45) is 12.0 Å². The summed E-state index contributed by atoms with van der Waals surface area (Å²) < 4.78 is 12.8. The van der Waals surface area contributed by atoms with Gasteiger partial charge < -0.3 is 13.4 Å². The molecule has 3 aromatic heterocycles. The molecule has 0 aromatic carbocycles. The molecule has 0 bridgehead atoms. The topological polar surface area (TPSA) is 60.6 Å². The Morgan fingerprint density at radius 1 is 1.41 bits per heavy atom. The zero-order valence-corrected chi connectivity index (χ0v) is 13.1. The molecule has 4 rings (SSSR count). The third-order valence-electron chi connectivity index (χ3n) is 3.80. The molecule has 0 saturated carbocycles. The van der Waals surface area contributed by atoms with Crippen molar-refractivity contribution in [3.05, 3.63) is 51.4 Å². The molecule has 3 heterocycles. The van der Waals surface area contributed by atoms with Crippen molar-refractivity contribution in [3.63, 3.8) is 0 Å². The van der Waals surface area contributed by atoms with Crippen molar-refractivity contribution >= 4 is 17.2 Å². The van der Waals surface area contributed by atoms with E-state index in [-0.39, 0.29) is 11.7 Å². The number of aromatic nitrogens is 1. The van der Waals surface area contributed by atoms with E-state index in [4.69, 9.17) is 8.83 Å². The fourth-order valence-corrected chi connectivity index (χ4v) is 3.95. The Hall–Kier alpha value is -2.34. The number of thiazole rings is 1. The van der Waals surface area contributed by atoms with Crippen LogP contribution in [0.3, 0.4) is 0 Å². The molecule has 0 N–H and O–H groups in total. The van der Waals surface area contributed by atoms with Crippen LogP contribution in [0.15, 0.2) is 38.3 Å². The normalized spacial score (nSPS) is 14.0. The monoisotopic (exact) mass is 314 g/mol. The highest BCUT2D eigenvalue weighted by atomic mass is 32.1. The molecule has 0 aliphatic heterocycles. The summed E-state index contributed by atoms with van der Waals surface area (Å²) in [6.07, 6.45) is 3.28. The molecule has 3 aromatic rings. The van der Waals surface area contributed by atoms with Gasteiger partial charge in [-0.25, -0.2) is 0 Å². The minimum Gasteiger partial charge on any atom is -0.466 e. The number of fused-ring (bicyclic) bond motifs is 3. The van der Waals surface area contributed by atoms with Crippen molar-refractivity contribution in [3.8, 4) is 11.3 Å². The highest BCUT2D eigenvalue weighted by Crippen LogP contribution is 2.36. The molecule has 0 spiro atoms. The Bertz CT molecular complexity index is 925. The van der Waals surface area contributed by atoms with E-state index in [0.29, 0.717) is 4.80 Å². The standard InChI is InChI=1S/C16H14N2O3S/c1-9-8-10-11(21-9)5-6-13-14(10)18(2)16(22-13)17-15(19)12-4-3-7-20-12/h3-4,7-8H,5-6H2,1-2H3. The second-order valence-corrected chi connectivity index (χ2v) is 6.37. The predicted molar refractivity (Wildman–Crippen MR) is 81.7 cm³/mol. The number of furan rings is 2. The van der Waals surface area contributed by atoms with E-state index < -0.39 is 0 Å². The molecule has 0 fully saturated rings. The predicted octanol–water partition coefficient (Wildman–Crippen LogP) is 3.09. The summed E-state index contributed by atoms with van der Waals surface area (Å²) in [6, 6.07) is 5.36. The van der Waals surface area contributed by atoms with Crippen LogP contribution in [0.25, 0.3) is 11.3 Å². The molecule has 0 unspecified atom stereocenters. The van der Waals surface area contributed by atoms with Crippen LogP contribution in [-0.2, 0) is 19.9 Å². The van der Waals surface area contributed by atoms with Crippen LogP contribution in [0.4, 0.5) is 0 Å². The molecule has 5 nitrogen and oxygen atoms in total.